The number of hydrogen-bond acceptors (Lipinski definition) is 2. The van der Waals surface area contributed by atoms with Crippen molar-refractivity contribution >= 4 is 11.9 Å². The summed E-state index contributed by atoms with van der Waals surface area (Å²) in [5.74, 6) is -0.434. The molecular weight excluding hydrogens is 157 g/mol. The van der Waals surface area contributed by atoms with Crippen molar-refractivity contribution in [3.05, 3.63) is 35.9 Å². The minimum atomic E-state index is -0.380. The molecule has 0 saturated carbocycles. The fourth-order valence-electron chi connectivity index (χ4n) is 0.689. The Morgan fingerprint density at radius 3 is 2.83 bits per heavy atom. The zero-order valence-electron chi connectivity index (χ0n) is 6.62. The minimum absolute atomic E-state index is 0.0545. The van der Waals surface area contributed by atoms with E-state index in [2.05, 4.69) is 4.98 Å². The molecule has 0 radical (unpaired) electrons. The van der Waals surface area contributed by atoms with Crippen molar-refractivity contribution in [1.29, 1.82) is 0 Å². The van der Waals surface area contributed by atoms with Crippen molar-refractivity contribution in [3.63, 3.8) is 0 Å². The highest BCUT2D eigenvalue weighted by molar-refractivity contribution is 5.91. The molecule has 1 heterocycles. The highest BCUT2D eigenvalue weighted by Crippen LogP contribution is 1.99. The maximum absolute atomic E-state index is 12.3. The first-order valence-electron chi connectivity index (χ1n) is 3.48. The first-order valence-corrected chi connectivity index (χ1v) is 3.48. The van der Waals surface area contributed by atoms with Crippen molar-refractivity contribution in [2.75, 3.05) is 0 Å². The fraction of sp³-hybridized carbons (Fsp3) is 0.111. The van der Waals surface area contributed by atoms with Crippen molar-refractivity contribution in [3.8, 4) is 0 Å². The summed E-state index contributed by atoms with van der Waals surface area (Å²) in [6.07, 6.45) is 4.04. The number of aromatic nitrogens is 1. The Morgan fingerprint density at radius 2 is 2.33 bits per heavy atom. The molecular formula is C9H8FNO. The molecule has 0 spiro atoms. The maximum Gasteiger partial charge on any atom is 0.152 e. The number of hydrogen-bond donors (Lipinski definition) is 0. The zero-order valence-corrected chi connectivity index (χ0v) is 6.62. The second-order valence-electron chi connectivity index (χ2n) is 2.35. The smallest absolute Gasteiger partial charge is 0.152 e. The van der Waals surface area contributed by atoms with Crippen LogP contribution in [0.3, 0.4) is 0 Å². The number of carbonyl (C=O) groups excluding carboxylic acids is 1. The lowest BCUT2D eigenvalue weighted by atomic mass is 10.3. The lowest BCUT2D eigenvalue weighted by Crippen LogP contribution is -1.84. The van der Waals surface area contributed by atoms with E-state index in [4.69, 9.17) is 0 Å². The summed E-state index contributed by atoms with van der Waals surface area (Å²) in [6, 6.07) is 2.81. The molecule has 1 rings (SSSR count). The van der Waals surface area contributed by atoms with Crippen molar-refractivity contribution in [1.82, 2.24) is 4.98 Å². The largest absolute Gasteiger partial charge is 0.295 e. The summed E-state index contributed by atoms with van der Waals surface area (Å²) in [4.78, 5) is 14.2. The third-order valence-corrected chi connectivity index (χ3v) is 1.24. The summed E-state index contributed by atoms with van der Waals surface area (Å²) in [7, 11) is 0. The topological polar surface area (TPSA) is 30.0 Å². The number of ketones is 1. The van der Waals surface area contributed by atoms with Crippen LogP contribution < -0.4 is 0 Å². The number of carbonyl (C=O) groups is 1. The van der Waals surface area contributed by atoms with Gasteiger partial charge >= 0.3 is 0 Å². The number of halogens is 1. The van der Waals surface area contributed by atoms with Crippen LogP contribution in [0.4, 0.5) is 4.39 Å². The number of allylic oxidation sites excluding steroid dienone is 1. The Morgan fingerprint density at radius 1 is 1.58 bits per heavy atom. The predicted molar refractivity (Wildman–Crippen MR) is 43.9 cm³/mol. The van der Waals surface area contributed by atoms with E-state index >= 15 is 0 Å². The molecule has 0 atom stereocenters. The lowest BCUT2D eigenvalue weighted by Gasteiger charge is -1.90. The molecule has 0 aliphatic heterocycles. The zero-order chi connectivity index (χ0) is 8.97. The second kappa shape index (κ2) is 3.76. The molecule has 0 amide bonds. The Hall–Kier alpha value is -1.51. The van der Waals surface area contributed by atoms with Gasteiger partial charge in [-0.1, -0.05) is 0 Å². The highest BCUT2D eigenvalue weighted by atomic mass is 19.1. The van der Waals surface area contributed by atoms with Crippen molar-refractivity contribution < 1.29 is 9.18 Å². The van der Waals surface area contributed by atoms with E-state index in [1.165, 1.54) is 25.1 Å². The van der Waals surface area contributed by atoms with Crippen molar-refractivity contribution in [2.45, 2.75) is 6.92 Å². The molecule has 0 aromatic carbocycles. The molecule has 12 heavy (non-hydrogen) atoms. The van der Waals surface area contributed by atoms with Crippen LogP contribution in [0.15, 0.2) is 24.4 Å². The van der Waals surface area contributed by atoms with Gasteiger partial charge in [-0.05, 0) is 31.2 Å². The quantitative estimate of drug-likeness (QED) is 0.625. The first kappa shape index (κ1) is 8.59. The molecule has 0 aliphatic carbocycles. The Balaban J connectivity index is 2.77. The molecule has 0 aliphatic rings. The molecule has 62 valence electrons. The van der Waals surface area contributed by atoms with E-state index < -0.39 is 0 Å². The Kier molecular flexibility index (Phi) is 2.69. The van der Waals surface area contributed by atoms with Gasteiger partial charge in [0.15, 0.2) is 5.78 Å². The fourth-order valence-corrected chi connectivity index (χ4v) is 0.689. The van der Waals surface area contributed by atoms with Crippen LogP contribution in [0.5, 0.6) is 0 Å². The van der Waals surface area contributed by atoms with Crippen molar-refractivity contribution in [2.24, 2.45) is 0 Å². The lowest BCUT2D eigenvalue weighted by molar-refractivity contribution is -0.112. The number of nitrogens with zero attached hydrogens (tertiary/aromatic N) is 1. The monoisotopic (exact) mass is 165 g/mol. The average molecular weight is 165 g/mol. The Bertz CT molecular complexity index is 303. The average Bonchev–Trinajstić information content (AvgIpc) is 2.03. The van der Waals surface area contributed by atoms with Gasteiger partial charge in [-0.25, -0.2) is 4.39 Å². The van der Waals surface area contributed by atoms with E-state index in [0.29, 0.717) is 5.69 Å². The summed E-state index contributed by atoms with van der Waals surface area (Å²) in [6.45, 7) is 1.44. The van der Waals surface area contributed by atoms with Gasteiger partial charge in [0.25, 0.3) is 0 Å². The van der Waals surface area contributed by atoms with E-state index in [1.807, 2.05) is 0 Å². The van der Waals surface area contributed by atoms with Gasteiger partial charge in [0.1, 0.15) is 5.82 Å². The highest BCUT2D eigenvalue weighted by Gasteiger charge is 1.90. The van der Waals surface area contributed by atoms with Gasteiger partial charge in [-0.2, -0.15) is 0 Å². The molecule has 2 nitrogen and oxygen atoms in total. The van der Waals surface area contributed by atoms with E-state index in [-0.39, 0.29) is 11.6 Å². The SMILES string of the molecule is CC(=O)/C=C/c1ccc(F)cn1. The Labute approximate surface area is 69.7 Å². The minimum Gasteiger partial charge on any atom is -0.295 e. The summed E-state index contributed by atoms with van der Waals surface area (Å²) < 4.78 is 12.3. The molecule has 3 heteroatoms. The molecule has 1 aromatic heterocycles. The van der Waals surface area contributed by atoms with Gasteiger partial charge in [-0.3, -0.25) is 9.78 Å². The van der Waals surface area contributed by atoms with E-state index in [1.54, 1.807) is 6.08 Å². The predicted octanol–water partition coefficient (Wildman–Crippen LogP) is 1.82. The summed E-state index contributed by atoms with van der Waals surface area (Å²) in [5, 5.41) is 0. The van der Waals surface area contributed by atoms with Gasteiger partial charge in [-0.15, -0.1) is 0 Å². The standard InChI is InChI=1S/C9H8FNO/c1-7(12)2-4-9-5-3-8(10)6-11-9/h2-6H,1H3/b4-2+. The van der Waals surface area contributed by atoms with Gasteiger partial charge in [0.2, 0.25) is 0 Å². The first-order chi connectivity index (χ1) is 5.68. The maximum atomic E-state index is 12.3. The van der Waals surface area contributed by atoms with Crippen LogP contribution in [-0.2, 0) is 4.79 Å². The van der Waals surface area contributed by atoms with Gasteiger partial charge in [0, 0.05) is 0 Å². The van der Waals surface area contributed by atoms with Crippen LogP contribution in [0.25, 0.3) is 6.08 Å². The molecule has 0 saturated heterocycles. The van der Waals surface area contributed by atoms with Gasteiger partial charge < -0.3 is 0 Å². The van der Waals surface area contributed by atoms with Crippen LogP contribution >= 0.6 is 0 Å². The van der Waals surface area contributed by atoms with E-state index in [9.17, 15) is 9.18 Å². The molecule has 0 N–H and O–H groups in total. The summed E-state index contributed by atoms with van der Waals surface area (Å²) >= 11 is 0. The molecule has 0 unspecified atom stereocenters. The molecule has 1 aromatic rings. The van der Waals surface area contributed by atoms with Crippen LogP contribution in [0.1, 0.15) is 12.6 Å². The van der Waals surface area contributed by atoms with E-state index in [0.717, 1.165) is 6.20 Å². The third-order valence-electron chi connectivity index (χ3n) is 1.24. The van der Waals surface area contributed by atoms with Crippen LogP contribution in [0, 0.1) is 5.82 Å². The number of rotatable bonds is 2. The summed E-state index contributed by atoms with van der Waals surface area (Å²) in [5.41, 5.74) is 0.576. The molecule has 0 fully saturated rings. The van der Waals surface area contributed by atoms with Gasteiger partial charge in [0.05, 0.1) is 11.9 Å². The second-order valence-corrected chi connectivity index (χ2v) is 2.35. The number of pyridine rings is 1. The van der Waals surface area contributed by atoms with Crippen LogP contribution in [0.2, 0.25) is 0 Å². The third kappa shape index (κ3) is 2.62. The normalized spacial score (nSPS) is 10.5. The van der Waals surface area contributed by atoms with Crippen LogP contribution in [-0.4, -0.2) is 10.8 Å². The molecule has 0 bridgehead atoms.